The minimum Gasteiger partial charge on any atom is -0.320 e. The van der Waals surface area contributed by atoms with Gasteiger partial charge >= 0.3 is 0 Å². The van der Waals surface area contributed by atoms with Gasteiger partial charge < -0.3 is 5.73 Å². The van der Waals surface area contributed by atoms with Crippen LogP contribution in [0, 0.1) is 5.92 Å². The number of hydrogen-bond donors (Lipinski definition) is 2. The maximum Gasteiger partial charge on any atom is 0.260 e. The van der Waals surface area contributed by atoms with E-state index in [2.05, 4.69) is 5.48 Å². The predicted molar refractivity (Wildman–Crippen MR) is 47.2 cm³/mol. The molecule has 0 aliphatic carbocycles. The third kappa shape index (κ3) is 5.09. The molecule has 0 fully saturated rings. The lowest BCUT2D eigenvalue weighted by Crippen LogP contribution is -2.40. The Kier molecular flexibility index (Phi) is 5.66. The summed E-state index contributed by atoms with van der Waals surface area (Å²) < 4.78 is 0. The fraction of sp³-hybridized carbons (Fsp3) is 0.875. The topological polar surface area (TPSA) is 64.4 Å². The molecule has 0 aromatic heterocycles. The van der Waals surface area contributed by atoms with E-state index in [4.69, 9.17) is 10.6 Å². The van der Waals surface area contributed by atoms with Crippen molar-refractivity contribution in [2.75, 3.05) is 6.61 Å². The summed E-state index contributed by atoms with van der Waals surface area (Å²) in [7, 11) is 0. The Balaban J connectivity index is 3.44. The van der Waals surface area contributed by atoms with E-state index in [1.165, 1.54) is 0 Å². The second-order valence-electron chi connectivity index (χ2n) is 3.19. The van der Waals surface area contributed by atoms with Gasteiger partial charge in [0.25, 0.3) is 5.91 Å². The molecule has 3 N–H and O–H groups in total. The van der Waals surface area contributed by atoms with Gasteiger partial charge in [-0.2, -0.15) is 0 Å². The van der Waals surface area contributed by atoms with Gasteiger partial charge in [-0.05, 0) is 12.3 Å². The van der Waals surface area contributed by atoms with E-state index in [1.807, 2.05) is 20.8 Å². The molecule has 0 aromatic rings. The minimum atomic E-state index is -0.461. The molecule has 4 heteroatoms. The van der Waals surface area contributed by atoms with Gasteiger partial charge in [0.15, 0.2) is 0 Å². The van der Waals surface area contributed by atoms with Gasteiger partial charge in [-0.3, -0.25) is 9.63 Å². The molecule has 72 valence electrons. The summed E-state index contributed by atoms with van der Waals surface area (Å²) in [6, 6.07) is -0.461. The summed E-state index contributed by atoms with van der Waals surface area (Å²) >= 11 is 0. The predicted octanol–water partition coefficient (Wildman–Crippen LogP) is 0.427. The van der Waals surface area contributed by atoms with Crippen LogP contribution in [0.5, 0.6) is 0 Å². The molecule has 0 radical (unpaired) electrons. The number of hydroxylamine groups is 1. The van der Waals surface area contributed by atoms with Crippen molar-refractivity contribution >= 4 is 5.91 Å². The maximum atomic E-state index is 11.0. The van der Waals surface area contributed by atoms with Gasteiger partial charge in [0, 0.05) is 0 Å². The summed E-state index contributed by atoms with van der Waals surface area (Å²) in [5, 5.41) is 0. The van der Waals surface area contributed by atoms with Crippen molar-refractivity contribution in [2.24, 2.45) is 11.7 Å². The summed E-state index contributed by atoms with van der Waals surface area (Å²) in [6.07, 6.45) is 0.622. The number of amides is 1. The van der Waals surface area contributed by atoms with Crippen LogP contribution in [0.3, 0.4) is 0 Å². The fourth-order valence-electron chi connectivity index (χ4n) is 0.541. The molecule has 0 rings (SSSR count). The normalized spacial score (nSPS) is 13.1. The average Bonchev–Trinajstić information content (AvgIpc) is 2.02. The van der Waals surface area contributed by atoms with Crippen molar-refractivity contribution < 1.29 is 9.63 Å². The summed E-state index contributed by atoms with van der Waals surface area (Å²) in [5.74, 6) is 0.154. The lowest BCUT2D eigenvalue weighted by molar-refractivity contribution is -0.135. The second-order valence-corrected chi connectivity index (χ2v) is 3.19. The Morgan fingerprint density at radius 3 is 2.58 bits per heavy atom. The highest BCUT2D eigenvalue weighted by molar-refractivity contribution is 5.80. The summed E-state index contributed by atoms with van der Waals surface area (Å²) in [5.41, 5.74) is 7.74. The molecule has 1 atom stereocenters. The van der Waals surface area contributed by atoms with Crippen LogP contribution in [0.15, 0.2) is 0 Å². The molecule has 0 spiro atoms. The number of hydrogen-bond acceptors (Lipinski definition) is 3. The van der Waals surface area contributed by atoms with Gasteiger partial charge in [0.05, 0.1) is 12.6 Å². The number of carbonyl (C=O) groups excluding carboxylic acids is 1. The van der Waals surface area contributed by atoms with Crippen LogP contribution >= 0.6 is 0 Å². The Morgan fingerprint density at radius 2 is 2.17 bits per heavy atom. The van der Waals surface area contributed by atoms with E-state index in [0.717, 1.165) is 0 Å². The molecule has 1 amide bonds. The number of nitrogens with two attached hydrogens (primary N) is 1. The molecule has 0 heterocycles. The largest absolute Gasteiger partial charge is 0.320 e. The zero-order chi connectivity index (χ0) is 9.56. The third-order valence-corrected chi connectivity index (χ3v) is 1.37. The molecule has 4 nitrogen and oxygen atoms in total. The maximum absolute atomic E-state index is 11.0. The van der Waals surface area contributed by atoms with Gasteiger partial charge in [-0.1, -0.05) is 20.8 Å². The van der Waals surface area contributed by atoms with Crippen molar-refractivity contribution in [2.45, 2.75) is 33.2 Å². The van der Waals surface area contributed by atoms with Crippen molar-refractivity contribution in [3.63, 3.8) is 0 Å². The molecule has 12 heavy (non-hydrogen) atoms. The average molecular weight is 174 g/mol. The van der Waals surface area contributed by atoms with E-state index < -0.39 is 6.04 Å². The SMILES string of the molecule is CC[C@H](N)C(=O)NOCC(C)C. The fourth-order valence-corrected chi connectivity index (χ4v) is 0.541. The minimum absolute atomic E-state index is 0.252. The van der Waals surface area contributed by atoms with Crippen LogP contribution in [-0.2, 0) is 9.63 Å². The molecular weight excluding hydrogens is 156 g/mol. The Morgan fingerprint density at radius 1 is 1.58 bits per heavy atom. The number of nitrogens with one attached hydrogen (secondary N) is 1. The first-order chi connectivity index (χ1) is 5.57. The number of carbonyl (C=O) groups is 1. The van der Waals surface area contributed by atoms with E-state index in [0.29, 0.717) is 18.9 Å². The number of rotatable bonds is 5. The van der Waals surface area contributed by atoms with E-state index in [9.17, 15) is 4.79 Å². The van der Waals surface area contributed by atoms with E-state index >= 15 is 0 Å². The van der Waals surface area contributed by atoms with E-state index in [1.54, 1.807) is 0 Å². The van der Waals surface area contributed by atoms with Crippen LogP contribution < -0.4 is 11.2 Å². The standard InChI is InChI=1S/C8H18N2O2/c1-4-7(9)8(11)10-12-5-6(2)3/h6-7H,4-5,9H2,1-3H3,(H,10,11)/t7-/m0/s1. The Bertz CT molecular complexity index is 137. The van der Waals surface area contributed by atoms with Crippen molar-refractivity contribution in [3.8, 4) is 0 Å². The molecule has 0 bridgehead atoms. The summed E-state index contributed by atoms with van der Waals surface area (Å²) in [4.78, 5) is 15.9. The van der Waals surface area contributed by atoms with Crippen LogP contribution in [0.25, 0.3) is 0 Å². The highest BCUT2D eigenvalue weighted by Gasteiger charge is 2.10. The Labute approximate surface area is 73.4 Å². The van der Waals surface area contributed by atoms with Crippen LogP contribution in [0.1, 0.15) is 27.2 Å². The lowest BCUT2D eigenvalue weighted by Gasteiger charge is -2.10. The first-order valence-electron chi connectivity index (χ1n) is 4.25. The van der Waals surface area contributed by atoms with Crippen molar-refractivity contribution in [1.29, 1.82) is 0 Å². The van der Waals surface area contributed by atoms with Gasteiger partial charge in [-0.15, -0.1) is 0 Å². The quantitative estimate of drug-likeness (QED) is 0.594. The smallest absolute Gasteiger partial charge is 0.260 e. The van der Waals surface area contributed by atoms with E-state index in [-0.39, 0.29) is 5.91 Å². The lowest BCUT2D eigenvalue weighted by atomic mass is 10.2. The van der Waals surface area contributed by atoms with Crippen molar-refractivity contribution in [3.05, 3.63) is 0 Å². The van der Waals surface area contributed by atoms with Crippen molar-refractivity contribution in [1.82, 2.24) is 5.48 Å². The van der Waals surface area contributed by atoms with Gasteiger partial charge in [0.2, 0.25) is 0 Å². The molecule has 0 saturated carbocycles. The Hall–Kier alpha value is -0.610. The summed E-state index contributed by atoms with van der Waals surface area (Å²) in [6.45, 7) is 6.38. The van der Waals surface area contributed by atoms with Crippen LogP contribution in [0.4, 0.5) is 0 Å². The van der Waals surface area contributed by atoms with Crippen LogP contribution in [0.2, 0.25) is 0 Å². The molecule has 0 aliphatic heterocycles. The molecule has 0 unspecified atom stereocenters. The van der Waals surface area contributed by atoms with Gasteiger partial charge in [0.1, 0.15) is 0 Å². The first kappa shape index (κ1) is 11.4. The third-order valence-electron chi connectivity index (χ3n) is 1.37. The molecule has 0 saturated heterocycles. The van der Waals surface area contributed by atoms with Gasteiger partial charge in [-0.25, -0.2) is 5.48 Å². The second kappa shape index (κ2) is 5.97. The molecule has 0 aliphatic rings. The highest BCUT2D eigenvalue weighted by Crippen LogP contribution is 1.91. The molecular formula is C8H18N2O2. The molecule has 0 aromatic carbocycles. The zero-order valence-electron chi connectivity index (χ0n) is 7.96. The van der Waals surface area contributed by atoms with Crippen LogP contribution in [-0.4, -0.2) is 18.6 Å². The zero-order valence-corrected chi connectivity index (χ0v) is 7.96. The monoisotopic (exact) mass is 174 g/mol. The first-order valence-corrected chi connectivity index (χ1v) is 4.25. The highest BCUT2D eigenvalue weighted by atomic mass is 16.7.